The molecule has 2 amide bonds. The van der Waals surface area contributed by atoms with Crippen molar-refractivity contribution in [2.75, 3.05) is 5.32 Å². The van der Waals surface area contributed by atoms with Gasteiger partial charge in [-0.3, -0.25) is 9.59 Å². The summed E-state index contributed by atoms with van der Waals surface area (Å²) in [6, 6.07) is 6.02. The quantitative estimate of drug-likeness (QED) is 0.856. The van der Waals surface area contributed by atoms with Gasteiger partial charge in [0.25, 0.3) is 0 Å². The van der Waals surface area contributed by atoms with Crippen LogP contribution in [0.3, 0.4) is 0 Å². The van der Waals surface area contributed by atoms with E-state index in [9.17, 15) is 9.59 Å². The lowest BCUT2D eigenvalue weighted by Crippen LogP contribution is -2.22. The van der Waals surface area contributed by atoms with Gasteiger partial charge in [0.15, 0.2) is 0 Å². The van der Waals surface area contributed by atoms with Crippen molar-refractivity contribution in [2.45, 2.75) is 39.2 Å². The Morgan fingerprint density at radius 1 is 1.43 bits per heavy atom. The summed E-state index contributed by atoms with van der Waals surface area (Å²) in [4.78, 5) is 27.5. The molecule has 1 aliphatic heterocycles. The maximum absolute atomic E-state index is 11.9. The highest BCUT2D eigenvalue weighted by Gasteiger charge is 2.17. The van der Waals surface area contributed by atoms with Gasteiger partial charge in [0.1, 0.15) is 5.01 Å². The maximum Gasteiger partial charge on any atom is 0.228 e. The molecule has 1 aliphatic rings. The van der Waals surface area contributed by atoms with Gasteiger partial charge in [-0.05, 0) is 37.0 Å². The van der Waals surface area contributed by atoms with Crippen molar-refractivity contribution < 1.29 is 9.59 Å². The summed E-state index contributed by atoms with van der Waals surface area (Å²) in [6.45, 7) is 2.45. The first-order valence-corrected chi connectivity index (χ1v) is 8.57. The Hall–Kier alpha value is -2.21. The van der Waals surface area contributed by atoms with Gasteiger partial charge in [-0.1, -0.05) is 12.1 Å². The number of carbonyl (C=O) groups is 2. The molecule has 0 spiro atoms. The van der Waals surface area contributed by atoms with E-state index < -0.39 is 0 Å². The lowest BCUT2D eigenvalue weighted by atomic mass is 10.0. The van der Waals surface area contributed by atoms with Crippen molar-refractivity contribution in [1.82, 2.24) is 10.3 Å². The normalized spacial score (nSPS) is 12.8. The average molecular weight is 329 g/mol. The van der Waals surface area contributed by atoms with Crippen molar-refractivity contribution in [2.24, 2.45) is 0 Å². The topological polar surface area (TPSA) is 71.1 Å². The van der Waals surface area contributed by atoms with Crippen LogP contribution in [-0.4, -0.2) is 16.8 Å². The molecule has 2 N–H and O–H groups in total. The molecule has 0 unspecified atom stereocenters. The number of benzene rings is 1. The Balaban J connectivity index is 1.42. The zero-order chi connectivity index (χ0) is 16.2. The highest BCUT2D eigenvalue weighted by Crippen LogP contribution is 2.24. The third kappa shape index (κ3) is 4.16. The molecular formula is C17H19N3O2S. The molecular weight excluding hydrogens is 310 g/mol. The van der Waals surface area contributed by atoms with Gasteiger partial charge >= 0.3 is 0 Å². The number of nitrogens with one attached hydrogen (secondary N) is 2. The molecule has 0 saturated carbocycles. The number of amides is 2. The lowest BCUT2D eigenvalue weighted by Gasteiger charge is -2.05. The molecule has 5 nitrogen and oxygen atoms in total. The number of hydrogen-bond acceptors (Lipinski definition) is 4. The Kier molecular flexibility index (Phi) is 4.71. The van der Waals surface area contributed by atoms with Crippen molar-refractivity contribution >= 4 is 28.8 Å². The number of aromatic nitrogens is 1. The van der Waals surface area contributed by atoms with Gasteiger partial charge < -0.3 is 10.6 Å². The van der Waals surface area contributed by atoms with Gasteiger partial charge in [0.05, 0.1) is 13.0 Å². The number of carbonyl (C=O) groups excluding carboxylic acids is 2. The first-order valence-electron chi connectivity index (χ1n) is 7.69. The minimum Gasteiger partial charge on any atom is -0.350 e. The monoisotopic (exact) mass is 329 g/mol. The molecule has 23 heavy (non-hydrogen) atoms. The zero-order valence-corrected chi connectivity index (χ0v) is 13.8. The number of rotatable bonds is 6. The fourth-order valence-electron chi connectivity index (χ4n) is 2.64. The molecule has 0 fully saturated rings. The molecule has 0 saturated heterocycles. The van der Waals surface area contributed by atoms with Crippen LogP contribution in [-0.2, 0) is 29.0 Å². The van der Waals surface area contributed by atoms with Crippen LogP contribution in [0.25, 0.3) is 0 Å². The second kappa shape index (κ2) is 6.91. The molecule has 0 radical (unpaired) electrons. The second-order valence-corrected chi connectivity index (χ2v) is 6.67. The molecule has 0 atom stereocenters. The number of thiazole rings is 1. The molecule has 1 aromatic carbocycles. The summed E-state index contributed by atoms with van der Waals surface area (Å²) in [6.07, 6.45) is 2.59. The third-order valence-electron chi connectivity index (χ3n) is 3.77. The van der Waals surface area contributed by atoms with Crippen molar-refractivity contribution in [3.05, 3.63) is 45.4 Å². The fourth-order valence-corrected chi connectivity index (χ4v) is 3.35. The van der Waals surface area contributed by atoms with E-state index in [0.29, 0.717) is 19.4 Å². The molecule has 2 aromatic rings. The standard InChI is InChI=1S/C17H19N3O2S/c1-11-10-23-17(19-11)9-18-15(21)4-2-3-12-5-6-14-13(7-12)8-16(22)20-14/h5-7,10H,2-4,8-9H2,1H3,(H,18,21)(H,20,22). The first-order chi connectivity index (χ1) is 11.1. The Labute approximate surface area is 139 Å². The number of anilines is 1. The number of nitrogens with zero attached hydrogens (tertiary/aromatic N) is 1. The van der Waals surface area contributed by atoms with Crippen molar-refractivity contribution in [3.63, 3.8) is 0 Å². The molecule has 3 rings (SSSR count). The number of fused-ring (bicyclic) bond motifs is 1. The minimum atomic E-state index is 0.0500. The van der Waals surface area contributed by atoms with E-state index >= 15 is 0 Å². The van der Waals surface area contributed by atoms with Gasteiger partial charge in [-0.2, -0.15) is 0 Å². The maximum atomic E-state index is 11.9. The lowest BCUT2D eigenvalue weighted by molar-refractivity contribution is -0.121. The predicted molar refractivity (Wildman–Crippen MR) is 90.4 cm³/mol. The van der Waals surface area contributed by atoms with Crippen LogP contribution in [0.2, 0.25) is 0 Å². The molecule has 1 aromatic heterocycles. The summed E-state index contributed by atoms with van der Waals surface area (Å²) in [5.41, 5.74) is 4.12. The van der Waals surface area contributed by atoms with Gasteiger partial charge in [-0.25, -0.2) is 4.98 Å². The van der Waals surface area contributed by atoms with E-state index in [4.69, 9.17) is 0 Å². The van der Waals surface area contributed by atoms with Crippen molar-refractivity contribution in [3.8, 4) is 0 Å². The largest absolute Gasteiger partial charge is 0.350 e. The van der Waals surface area contributed by atoms with Gasteiger partial charge in [0.2, 0.25) is 11.8 Å². The van der Waals surface area contributed by atoms with E-state index in [0.717, 1.165) is 34.8 Å². The highest BCUT2D eigenvalue weighted by atomic mass is 32.1. The fraction of sp³-hybridized carbons (Fsp3) is 0.353. The van der Waals surface area contributed by atoms with Crippen LogP contribution in [0.15, 0.2) is 23.6 Å². The van der Waals surface area contributed by atoms with Crippen LogP contribution in [0.5, 0.6) is 0 Å². The molecule has 6 heteroatoms. The number of aryl methyl sites for hydroxylation is 2. The summed E-state index contributed by atoms with van der Waals surface area (Å²) < 4.78 is 0. The van der Waals surface area contributed by atoms with E-state index in [1.54, 1.807) is 11.3 Å². The predicted octanol–water partition coefficient (Wildman–Crippen LogP) is 2.59. The summed E-state index contributed by atoms with van der Waals surface area (Å²) in [5, 5.41) is 8.64. The van der Waals surface area contributed by atoms with E-state index in [1.807, 2.05) is 24.4 Å². The average Bonchev–Trinajstić information content (AvgIpc) is 3.09. The zero-order valence-electron chi connectivity index (χ0n) is 13.0. The van der Waals surface area contributed by atoms with Gasteiger partial charge in [0, 0.05) is 23.2 Å². The van der Waals surface area contributed by atoms with E-state index in [2.05, 4.69) is 21.7 Å². The van der Waals surface area contributed by atoms with Crippen LogP contribution in [0.1, 0.15) is 34.7 Å². The van der Waals surface area contributed by atoms with Crippen molar-refractivity contribution in [1.29, 1.82) is 0 Å². The number of hydrogen-bond donors (Lipinski definition) is 2. The molecule has 120 valence electrons. The van der Waals surface area contributed by atoms with Crippen LogP contribution in [0, 0.1) is 6.92 Å². The Morgan fingerprint density at radius 2 is 2.30 bits per heavy atom. The second-order valence-electron chi connectivity index (χ2n) is 5.73. The Morgan fingerprint density at radius 3 is 3.09 bits per heavy atom. The summed E-state index contributed by atoms with van der Waals surface area (Å²) in [7, 11) is 0. The minimum absolute atomic E-state index is 0.0500. The van der Waals surface area contributed by atoms with Crippen LogP contribution < -0.4 is 10.6 Å². The van der Waals surface area contributed by atoms with Gasteiger partial charge in [-0.15, -0.1) is 11.3 Å². The first kappa shape index (κ1) is 15.7. The SMILES string of the molecule is Cc1csc(CNC(=O)CCCc2ccc3c(c2)CC(=O)N3)n1. The summed E-state index contributed by atoms with van der Waals surface area (Å²) in [5.74, 6) is 0.102. The van der Waals surface area contributed by atoms with Crippen LogP contribution in [0.4, 0.5) is 5.69 Å². The smallest absolute Gasteiger partial charge is 0.228 e. The van der Waals surface area contributed by atoms with E-state index in [-0.39, 0.29) is 11.8 Å². The Bertz CT molecular complexity index is 739. The highest BCUT2D eigenvalue weighted by molar-refractivity contribution is 7.09. The molecule has 0 bridgehead atoms. The van der Waals surface area contributed by atoms with E-state index in [1.165, 1.54) is 5.56 Å². The summed E-state index contributed by atoms with van der Waals surface area (Å²) >= 11 is 1.56. The third-order valence-corrected chi connectivity index (χ3v) is 4.73. The van der Waals surface area contributed by atoms with Crippen LogP contribution >= 0.6 is 11.3 Å². The molecule has 2 heterocycles. The molecule has 0 aliphatic carbocycles.